The van der Waals surface area contributed by atoms with E-state index in [4.69, 9.17) is 4.74 Å². The summed E-state index contributed by atoms with van der Waals surface area (Å²) in [5, 5.41) is 6.21. The largest absolute Gasteiger partial charge is 0.496 e. The summed E-state index contributed by atoms with van der Waals surface area (Å²) in [5.74, 6) is 1.54. The van der Waals surface area contributed by atoms with Gasteiger partial charge in [0.15, 0.2) is 0 Å². The van der Waals surface area contributed by atoms with Crippen LogP contribution < -0.4 is 15.4 Å². The molecule has 0 spiro atoms. The van der Waals surface area contributed by atoms with E-state index in [9.17, 15) is 4.79 Å². The number of aromatic nitrogens is 2. The number of para-hydroxylation sites is 2. The first-order valence-electron chi connectivity index (χ1n) is 9.66. The first kappa shape index (κ1) is 20.3. The molecule has 0 atom stereocenters. The smallest absolute Gasteiger partial charge is 0.270 e. The van der Waals surface area contributed by atoms with E-state index >= 15 is 0 Å². The Morgan fingerprint density at radius 3 is 2.62 bits per heavy atom. The van der Waals surface area contributed by atoms with Crippen LogP contribution in [0, 0.1) is 0 Å². The van der Waals surface area contributed by atoms with Crippen LogP contribution in [0.25, 0.3) is 0 Å². The summed E-state index contributed by atoms with van der Waals surface area (Å²) in [6, 6.07) is 17.5. The van der Waals surface area contributed by atoms with Crippen molar-refractivity contribution in [1.29, 1.82) is 0 Å². The maximum Gasteiger partial charge on any atom is 0.270 e. The molecule has 0 fully saturated rings. The lowest BCUT2D eigenvalue weighted by Gasteiger charge is -2.14. The standard InChI is InChI=1S/C23H26N4O2/c1-16(2)18-9-5-6-10-19(18)27-22-14-20(25-15-26-22)23(28)24-13-12-17-8-4-7-11-21(17)29-3/h4-11,14-16H,12-13H2,1-3H3,(H,24,28)(H,25,26,27). The van der Waals surface area contributed by atoms with Crippen molar-refractivity contribution >= 4 is 17.4 Å². The number of amides is 1. The van der Waals surface area contributed by atoms with Crippen LogP contribution in [-0.4, -0.2) is 29.5 Å². The Hall–Kier alpha value is -3.41. The zero-order chi connectivity index (χ0) is 20.6. The Balaban J connectivity index is 1.64. The molecule has 0 radical (unpaired) electrons. The molecule has 0 unspecified atom stereocenters. The van der Waals surface area contributed by atoms with Crippen LogP contribution in [0.5, 0.6) is 5.75 Å². The zero-order valence-electron chi connectivity index (χ0n) is 17.0. The summed E-state index contributed by atoms with van der Waals surface area (Å²) in [4.78, 5) is 20.9. The second-order valence-electron chi connectivity index (χ2n) is 6.97. The Morgan fingerprint density at radius 1 is 1.07 bits per heavy atom. The van der Waals surface area contributed by atoms with E-state index in [1.807, 2.05) is 42.5 Å². The van der Waals surface area contributed by atoms with E-state index in [1.54, 1.807) is 13.2 Å². The Bertz CT molecular complexity index is 972. The number of carbonyl (C=O) groups excluding carboxylic acids is 1. The van der Waals surface area contributed by atoms with E-state index in [-0.39, 0.29) is 5.91 Å². The monoisotopic (exact) mass is 390 g/mol. The highest BCUT2D eigenvalue weighted by Gasteiger charge is 2.11. The summed E-state index contributed by atoms with van der Waals surface area (Å²) in [6.07, 6.45) is 2.07. The number of anilines is 2. The SMILES string of the molecule is COc1ccccc1CCNC(=O)c1cc(Nc2ccccc2C(C)C)ncn1. The topological polar surface area (TPSA) is 76.1 Å². The van der Waals surface area contributed by atoms with Gasteiger partial charge in [0, 0.05) is 18.3 Å². The van der Waals surface area contributed by atoms with Gasteiger partial charge in [-0.15, -0.1) is 0 Å². The molecule has 0 saturated heterocycles. The number of methoxy groups -OCH3 is 1. The molecule has 29 heavy (non-hydrogen) atoms. The molecule has 1 amide bonds. The second kappa shape index (κ2) is 9.68. The van der Waals surface area contributed by atoms with Gasteiger partial charge in [-0.25, -0.2) is 9.97 Å². The maximum absolute atomic E-state index is 12.5. The van der Waals surface area contributed by atoms with Crippen LogP contribution in [0.4, 0.5) is 11.5 Å². The summed E-state index contributed by atoms with van der Waals surface area (Å²) in [7, 11) is 1.64. The summed E-state index contributed by atoms with van der Waals surface area (Å²) in [6.45, 7) is 4.77. The predicted octanol–water partition coefficient (Wildman–Crippen LogP) is 4.32. The van der Waals surface area contributed by atoms with Gasteiger partial charge >= 0.3 is 0 Å². The first-order valence-corrected chi connectivity index (χ1v) is 9.66. The Morgan fingerprint density at radius 2 is 1.83 bits per heavy atom. The van der Waals surface area contributed by atoms with E-state index in [2.05, 4.69) is 40.5 Å². The zero-order valence-corrected chi connectivity index (χ0v) is 17.0. The van der Waals surface area contributed by atoms with E-state index < -0.39 is 0 Å². The number of nitrogens with one attached hydrogen (secondary N) is 2. The molecule has 3 aromatic rings. The highest BCUT2D eigenvalue weighted by molar-refractivity contribution is 5.93. The molecule has 6 heteroatoms. The van der Waals surface area contributed by atoms with E-state index in [0.29, 0.717) is 30.4 Å². The number of rotatable bonds is 8. The van der Waals surface area contributed by atoms with Crippen molar-refractivity contribution in [1.82, 2.24) is 15.3 Å². The molecule has 1 aromatic heterocycles. The molecule has 0 aliphatic carbocycles. The van der Waals surface area contributed by atoms with Crippen LogP contribution in [0.2, 0.25) is 0 Å². The second-order valence-corrected chi connectivity index (χ2v) is 6.97. The lowest BCUT2D eigenvalue weighted by Crippen LogP contribution is -2.26. The molecule has 0 aliphatic heterocycles. The highest BCUT2D eigenvalue weighted by Crippen LogP contribution is 2.26. The average molecular weight is 390 g/mol. The third-order valence-electron chi connectivity index (χ3n) is 4.62. The maximum atomic E-state index is 12.5. The summed E-state index contributed by atoms with van der Waals surface area (Å²) >= 11 is 0. The number of benzene rings is 2. The number of hydrogen-bond donors (Lipinski definition) is 2. The fraction of sp³-hybridized carbons (Fsp3) is 0.261. The molecule has 1 heterocycles. The Kier molecular flexibility index (Phi) is 6.79. The van der Waals surface area contributed by atoms with Crippen LogP contribution in [0.1, 0.15) is 41.4 Å². The Labute approximate surface area is 171 Å². The molecule has 2 aromatic carbocycles. The first-order chi connectivity index (χ1) is 14.1. The molecule has 0 aliphatic rings. The molecule has 2 N–H and O–H groups in total. The molecule has 3 rings (SSSR count). The van der Waals surface area contributed by atoms with Crippen molar-refractivity contribution in [3.63, 3.8) is 0 Å². The number of carbonyl (C=O) groups is 1. The van der Waals surface area contributed by atoms with Crippen LogP contribution in [0.3, 0.4) is 0 Å². The van der Waals surface area contributed by atoms with Gasteiger partial charge in [-0.05, 0) is 35.6 Å². The van der Waals surface area contributed by atoms with Crippen molar-refractivity contribution < 1.29 is 9.53 Å². The quantitative estimate of drug-likeness (QED) is 0.599. The minimum atomic E-state index is -0.234. The fourth-order valence-electron chi connectivity index (χ4n) is 3.11. The van der Waals surface area contributed by atoms with E-state index in [1.165, 1.54) is 11.9 Å². The lowest BCUT2D eigenvalue weighted by atomic mass is 10.0. The molecular weight excluding hydrogens is 364 g/mol. The summed E-state index contributed by atoms with van der Waals surface area (Å²) < 4.78 is 5.34. The fourth-order valence-corrected chi connectivity index (χ4v) is 3.11. The molecule has 0 bridgehead atoms. The molecule has 6 nitrogen and oxygen atoms in total. The van der Waals surface area contributed by atoms with Gasteiger partial charge in [0.2, 0.25) is 0 Å². The lowest BCUT2D eigenvalue weighted by molar-refractivity contribution is 0.0949. The molecular formula is C23H26N4O2. The van der Waals surface area contributed by atoms with Gasteiger partial charge in [-0.3, -0.25) is 4.79 Å². The van der Waals surface area contributed by atoms with Crippen molar-refractivity contribution in [3.8, 4) is 5.75 Å². The van der Waals surface area contributed by atoms with Crippen molar-refractivity contribution in [2.75, 3.05) is 19.0 Å². The minimum Gasteiger partial charge on any atom is -0.496 e. The van der Waals surface area contributed by atoms with Crippen molar-refractivity contribution in [3.05, 3.63) is 77.7 Å². The highest BCUT2D eigenvalue weighted by atomic mass is 16.5. The van der Waals surface area contributed by atoms with Crippen molar-refractivity contribution in [2.45, 2.75) is 26.2 Å². The van der Waals surface area contributed by atoms with Crippen LogP contribution in [0.15, 0.2) is 60.9 Å². The summed E-state index contributed by atoms with van der Waals surface area (Å²) in [5.41, 5.74) is 3.54. The minimum absolute atomic E-state index is 0.234. The number of hydrogen-bond acceptors (Lipinski definition) is 5. The molecule has 0 saturated carbocycles. The normalized spacial score (nSPS) is 10.6. The third-order valence-corrected chi connectivity index (χ3v) is 4.62. The van der Waals surface area contributed by atoms with Crippen LogP contribution in [-0.2, 0) is 6.42 Å². The van der Waals surface area contributed by atoms with E-state index in [0.717, 1.165) is 17.0 Å². The van der Waals surface area contributed by atoms with Crippen LogP contribution >= 0.6 is 0 Å². The van der Waals surface area contributed by atoms with Gasteiger partial charge in [0.05, 0.1) is 7.11 Å². The van der Waals surface area contributed by atoms with Gasteiger partial charge < -0.3 is 15.4 Å². The number of nitrogens with zero attached hydrogens (tertiary/aromatic N) is 2. The van der Waals surface area contributed by atoms with Gasteiger partial charge in [-0.2, -0.15) is 0 Å². The average Bonchev–Trinajstić information content (AvgIpc) is 2.74. The molecule has 150 valence electrons. The van der Waals surface area contributed by atoms with Gasteiger partial charge in [0.1, 0.15) is 23.6 Å². The van der Waals surface area contributed by atoms with Crippen molar-refractivity contribution in [2.24, 2.45) is 0 Å². The number of ether oxygens (including phenoxy) is 1. The van der Waals surface area contributed by atoms with Gasteiger partial charge in [-0.1, -0.05) is 50.2 Å². The third kappa shape index (κ3) is 5.31. The predicted molar refractivity (Wildman–Crippen MR) is 115 cm³/mol. The van der Waals surface area contributed by atoms with Gasteiger partial charge in [0.25, 0.3) is 5.91 Å².